The predicted octanol–water partition coefficient (Wildman–Crippen LogP) is 3.10. The molecule has 0 heterocycles. The molecule has 1 amide bonds. The van der Waals surface area contributed by atoms with E-state index in [1.54, 1.807) is 19.1 Å². The SMILES string of the molecule is CC(Oc1cccc(C(C)C)c1)C(=O)NC(C)c1ccc(S(N)(=O)=O)cc1. The van der Waals surface area contributed by atoms with Gasteiger partial charge < -0.3 is 10.1 Å². The highest BCUT2D eigenvalue weighted by molar-refractivity contribution is 7.89. The van der Waals surface area contributed by atoms with Gasteiger partial charge >= 0.3 is 0 Å². The number of rotatable bonds is 7. The van der Waals surface area contributed by atoms with Crippen LogP contribution in [0, 0.1) is 0 Å². The van der Waals surface area contributed by atoms with Crippen molar-refractivity contribution in [2.75, 3.05) is 0 Å². The van der Waals surface area contributed by atoms with E-state index >= 15 is 0 Å². The maximum atomic E-state index is 12.4. The van der Waals surface area contributed by atoms with Crippen molar-refractivity contribution < 1.29 is 17.9 Å². The number of nitrogens with two attached hydrogens (primary N) is 1. The van der Waals surface area contributed by atoms with Gasteiger partial charge in [0, 0.05) is 0 Å². The largest absolute Gasteiger partial charge is 0.481 e. The van der Waals surface area contributed by atoms with Crippen molar-refractivity contribution in [3.63, 3.8) is 0 Å². The molecule has 0 radical (unpaired) electrons. The van der Waals surface area contributed by atoms with Gasteiger partial charge in [-0.3, -0.25) is 4.79 Å². The van der Waals surface area contributed by atoms with Crippen LogP contribution in [0.25, 0.3) is 0 Å². The van der Waals surface area contributed by atoms with Gasteiger partial charge in [-0.05, 0) is 55.2 Å². The number of primary sulfonamides is 1. The second-order valence-electron chi connectivity index (χ2n) is 6.83. The first-order chi connectivity index (χ1) is 12.6. The summed E-state index contributed by atoms with van der Waals surface area (Å²) in [5.74, 6) is 0.764. The molecule has 0 aromatic heterocycles. The van der Waals surface area contributed by atoms with E-state index < -0.39 is 16.1 Å². The zero-order valence-corrected chi connectivity index (χ0v) is 16.8. The maximum Gasteiger partial charge on any atom is 0.261 e. The van der Waals surface area contributed by atoms with Crippen LogP contribution in [0.4, 0.5) is 0 Å². The zero-order chi connectivity index (χ0) is 20.2. The molecule has 2 aromatic rings. The van der Waals surface area contributed by atoms with Gasteiger partial charge in [-0.2, -0.15) is 0 Å². The fraction of sp³-hybridized carbons (Fsp3) is 0.350. The lowest BCUT2D eigenvalue weighted by molar-refractivity contribution is -0.127. The van der Waals surface area contributed by atoms with Crippen molar-refractivity contribution in [2.45, 2.75) is 50.7 Å². The van der Waals surface area contributed by atoms with E-state index in [1.165, 1.54) is 12.1 Å². The van der Waals surface area contributed by atoms with Crippen LogP contribution < -0.4 is 15.2 Å². The highest BCUT2D eigenvalue weighted by Gasteiger charge is 2.18. The fourth-order valence-electron chi connectivity index (χ4n) is 2.56. The molecule has 6 nitrogen and oxygen atoms in total. The molecule has 0 aliphatic heterocycles. The smallest absolute Gasteiger partial charge is 0.261 e. The third-order valence-electron chi connectivity index (χ3n) is 4.27. The van der Waals surface area contributed by atoms with Crippen molar-refractivity contribution in [1.82, 2.24) is 5.32 Å². The van der Waals surface area contributed by atoms with E-state index in [-0.39, 0.29) is 16.8 Å². The molecule has 146 valence electrons. The van der Waals surface area contributed by atoms with Crippen molar-refractivity contribution >= 4 is 15.9 Å². The minimum absolute atomic E-state index is 0.0338. The molecule has 2 aromatic carbocycles. The summed E-state index contributed by atoms with van der Waals surface area (Å²) >= 11 is 0. The zero-order valence-electron chi connectivity index (χ0n) is 16.0. The van der Waals surface area contributed by atoms with Crippen LogP contribution in [-0.2, 0) is 14.8 Å². The molecule has 0 bridgehead atoms. The molecule has 7 heteroatoms. The van der Waals surface area contributed by atoms with Gasteiger partial charge in [0.05, 0.1) is 10.9 Å². The molecule has 0 saturated carbocycles. The lowest BCUT2D eigenvalue weighted by Crippen LogP contribution is -2.37. The Balaban J connectivity index is 2.00. The van der Waals surface area contributed by atoms with Crippen LogP contribution in [0.5, 0.6) is 5.75 Å². The second kappa shape index (κ2) is 8.54. The van der Waals surface area contributed by atoms with Gasteiger partial charge in [-0.15, -0.1) is 0 Å². The highest BCUT2D eigenvalue weighted by Crippen LogP contribution is 2.21. The highest BCUT2D eigenvalue weighted by atomic mass is 32.2. The Morgan fingerprint density at radius 2 is 1.63 bits per heavy atom. The van der Waals surface area contributed by atoms with Gasteiger partial charge in [0.15, 0.2) is 6.10 Å². The Bertz CT molecular complexity index is 892. The summed E-state index contributed by atoms with van der Waals surface area (Å²) in [5.41, 5.74) is 1.91. The number of nitrogens with one attached hydrogen (secondary N) is 1. The van der Waals surface area contributed by atoms with Crippen LogP contribution in [0.15, 0.2) is 53.4 Å². The predicted molar refractivity (Wildman–Crippen MR) is 105 cm³/mol. The molecule has 0 spiro atoms. The molecule has 2 unspecified atom stereocenters. The minimum Gasteiger partial charge on any atom is -0.481 e. The normalized spacial score (nSPS) is 13.9. The standard InChI is InChI=1S/C20H26N2O4S/c1-13(2)17-6-5-7-18(12-17)26-15(4)20(23)22-14(3)16-8-10-19(11-9-16)27(21,24)25/h5-15H,1-4H3,(H,22,23)(H2,21,24,25). The maximum absolute atomic E-state index is 12.4. The van der Waals surface area contributed by atoms with Gasteiger partial charge in [-0.25, -0.2) is 13.6 Å². The van der Waals surface area contributed by atoms with Crippen LogP contribution in [0.1, 0.15) is 50.8 Å². The molecule has 0 saturated heterocycles. The van der Waals surface area contributed by atoms with Crippen molar-refractivity contribution in [1.29, 1.82) is 0 Å². The van der Waals surface area contributed by atoms with Crippen molar-refractivity contribution in [3.05, 3.63) is 59.7 Å². The van der Waals surface area contributed by atoms with Crippen LogP contribution in [-0.4, -0.2) is 20.4 Å². The number of hydrogen-bond acceptors (Lipinski definition) is 4. The minimum atomic E-state index is -3.73. The lowest BCUT2D eigenvalue weighted by Gasteiger charge is -2.19. The Hall–Kier alpha value is -2.38. The Morgan fingerprint density at radius 1 is 1.00 bits per heavy atom. The van der Waals surface area contributed by atoms with E-state index in [0.717, 1.165) is 11.1 Å². The summed E-state index contributed by atoms with van der Waals surface area (Å²) in [6, 6.07) is 13.5. The summed E-state index contributed by atoms with van der Waals surface area (Å²) in [6.45, 7) is 7.69. The van der Waals surface area contributed by atoms with Crippen LogP contribution in [0.2, 0.25) is 0 Å². The third kappa shape index (κ3) is 5.80. The molecule has 3 N–H and O–H groups in total. The Morgan fingerprint density at radius 3 is 2.19 bits per heavy atom. The number of carbonyl (C=O) groups excluding carboxylic acids is 1. The second-order valence-corrected chi connectivity index (χ2v) is 8.39. The molecular weight excluding hydrogens is 364 g/mol. The van der Waals surface area contributed by atoms with E-state index in [2.05, 4.69) is 19.2 Å². The molecule has 0 fully saturated rings. The summed E-state index contributed by atoms with van der Waals surface area (Å²) < 4.78 is 28.4. The summed E-state index contributed by atoms with van der Waals surface area (Å²) in [6.07, 6.45) is -0.668. The molecule has 2 atom stereocenters. The number of ether oxygens (including phenoxy) is 1. The number of carbonyl (C=O) groups is 1. The van der Waals surface area contributed by atoms with Crippen LogP contribution >= 0.6 is 0 Å². The van der Waals surface area contributed by atoms with E-state index in [9.17, 15) is 13.2 Å². The topological polar surface area (TPSA) is 98.5 Å². The van der Waals surface area contributed by atoms with Crippen molar-refractivity contribution in [3.8, 4) is 5.75 Å². The number of amides is 1. The van der Waals surface area contributed by atoms with E-state index in [1.807, 2.05) is 31.2 Å². The summed E-state index contributed by atoms with van der Waals surface area (Å²) in [7, 11) is -3.73. The van der Waals surface area contributed by atoms with E-state index in [0.29, 0.717) is 11.7 Å². The van der Waals surface area contributed by atoms with Gasteiger partial charge in [0.1, 0.15) is 5.75 Å². The van der Waals surface area contributed by atoms with Gasteiger partial charge in [0.25, 0.3) is 5.91 Å². The van der Waals surface area contributed by atoms with Gasteiger partial charge in [-0.1, -0.05) is 38.1 Å². The average Bonchev–Trinajstić information content (AvgIpc) is 2.61. The summed E-state index contributed by atoms with van der Waals surface area (Å²) in [5, 5.41) is 7.96. The average molecular weight is 391 g/mol. The number of sulfonamides is 1. The molecule has 27 heavy (non-hydrogen) atoms. The quantitative estimate of drug-likeness (QED) is 0.759. The van der Waals surface area contributed by atoms with E-state index in [4.69, 9.17) is 9.88 Å². The fourth-order valence-corrected chi connectivity index (χ4v) is 3.08. The molecule has 0 aliphatic rings. The molecular formula is C20H26N2O4S. The van der Waals surface area contributed by atoms with Gasteiger partial charge in [0.2, 0.25) is 10.0 Å². The molecule has 2 rings (SSSR count). The summed E-state index contributed by atoms with van der Waals surface area (Å²) in [4.78, 5) is 12.5. The molecule has 0 aliphatic carbocycles. The van der Waals surface area contributed by atoms with Crippen LogP contribution in [0.3, 0.4) is 0 Å². The van der Waals surface area contributed by atoms with Crippen molar-refractivity contribution in [2.24, 2.45) is 5.14 Å². The third-order valence-corrected chi connectivity index (χ3v) is 5.20. The first-order valence-electron chi connectivity index (χ1n) is 8.77. The first-order valence-corrected chi connectivity index (χ1v) is 10.3. The number of benzene rings is 2. The first kappa shape index (κ1) is 20.9. The number of hydrogen-bond donors (Lipinski definition) is 2. The Kier molecular flexibility index (Phi) is 6.62. The lowest BCUT2D eigenvalue weighted by atomic mass is 10.0. The Labute approximate surface area is 160 Å². The monoisotopic (exact) mass is 390 g/mol.